The zero-order chi connectivity index (χ0) is 16.9. The van der Waals surface area contributed by atoms with E-state index in [-0.39, 0.29) is 50.8 Å². The molecule has 0 saturated carbocycles. The summed E-state index contributed by atoms with van der Waals surface area (Å²) in [7, 11) is -2.35. The Balaban J connectivity index is 0.00000182. The van der Waals surface area contributed by atoms with E-state index in [1.54, 1.807) is 42.5 Å². The van der Waals surface area contributed by atoms with E-state index in [1.165, 1.54) is 7.11 Å². The van der Waals surface area contributed by atoms with Gasteiger partial charge in [-0.1, -0.05) is 18.2 Å². The standard InChI is InChI=1S/C18H13NO4S.Na/c1-23-13-8-6-11(7-9-13)17-16(20)14-10-12-4-2-3-5-15(12)19-18(14)24(17,21)22;/h2-10,20H,1H3;/q;+1. The van der Waals surface area contributed by atoms with E-state index in [0.717, 1.165) is 5.39 Å². The SMILES string of the molecule is COc1ccc(C2=C(O)c3cc4ccccc4nc3S2(=O)=O)cc1.[Na+]. The third-order valence-corrected chi connectivity index (χ3v) is 5.82. The fourth-order valence-electron chi connectivity index (χ4n) is 2.85. The van der Waals surface area contributed by atoms with Crippen molar-refractivity contribution in [3.05, 3.63) is 65.7 Å². The summed E-state index contributed by atoms with van der Waals surface area (Å²) in [4.78, 5) is 4.13. The predicted octanol–water partition coefficient (Wildman–Crippen LogP) is 0.418. The Morgan fingerprint density at radius 1 is 1.04 bits per heavy atom. The molecule has 0 bridgehead atoms. The van der Waals surface area contributed by atoms with Crippen LogP contribution >= 0.6 is 0 Å². The van der Waals surface area contributed by atoms with Gasteiger partial charge < -0.3 is 9.84 Å². The van der Waals surface area contributed by atoms with Crippen LogP contribution in [-0.2, 0) is 9.84 Å². The van der Waals surface area contributed by atoms with E-state index in [0.29, 0.717) is 16.8 Å². The van der Waals surface area contributed by atoms with Crippen molar-refractivity contribution in [3.8, 4) is 5.75 Å². The zero-order valence-corrected chi connectivity index (χ0v) is 16.5. The molecular formula is C18H13NNaO4S+. The molecule has 3 aromatic rings. The van der Waals surface area contributed by atoms with Crippen molar-refractivity contribution >= 4 is 31.4 Å². The van der Waals surface area contributed by atoms with E-state index in [2.05, 4.69) is 4.98 Å². The fourth-order valence-corrected chi connectivity index (χ4v) is 4.52. The number of ether oxygens (including phenoxy) is 1. The van der Waals surface area contributed by atoms with Gasteiger partial charge in [-0.2, -0.15) is 0 Å². The molecule has 0 atom stereocenters. The summed E-state index contributed by atoms with van der Waals surface area (Å²) in [5.74, 6) is 0.337. The van der Waals surface area contributed by atoms with Crippen molar-refractivity contribution in [1.82, 2.24) is 4.98 Å². The van der Waals surface area contributed by atoms with Crippen LogP contribution in [0.1, 0.15) is 11.1 Å². The van der Waals surface area contributed by atoms with Crippen LogP contribution in [0.5, 0.6) is 5.75 Å². The second kappa shape index (κ2) is 6.46. The molecule has 2 heterocycles. The van der Waals surface area contributed by atoms with Crippen LogP contribution in [0.25, 0.3) is 21.6 Å². The monoisotopic (exact) mass is 362 g/mol. The molecule has 1 N–H and O–H groups in total. The average molecular weight is 362 g/mol. The Kier molecular flexibility index (Phi) is 4.64. The number of hydrogen-bond acceptors (Lipinski definition) is 5. The van der Waals surface area contributed by atoms with Crippen LogP contribution in [0, 0.1) is 0 Å². The average Bonchev–Trinajstić information content (AvgIpc) is 2.79. The van der Waals surface area contributed by atoms with Crippen molar-refractivity contribution < 1.29 is 47.8 Å². The molecule has 7 heteroatoms. The maximum absolute atomic E-state index is 12.9. The molecular weight excluding hydrogens is 349 g/mol. The topological polar surface area (TPSA) is 76.5 Å². The van der Waals surface area contributed by atoms with Crippen LogP contribution in [-0.4, -0.2) is 25.6 Å². The number of aliphatic hydroxyl groups excluding tert-OH is 1. The molecule has 1 aliphatic heterocycles. The van der Waals surface area contributed by atoms with Crippen molar-refractivity contribution in [2.45, 2.75) is 5.03 Å². The number of sulfone groups is 1. The van der Waals surface area contributed by atoms with Crippen LogP contribution < -0.4 is 34.3 Å². The molecule has 0 spiro atoms. The van der Waals surface area contributed by atoms with Crippen molar-refractivity contribution in [3.63, 3.8) is 0 Å². The second-order valence-electron chi connectivity index (χ2n) is 5.44. The fraction of sp³-hybridized carbons (Fsp3) is 0.0556. The number of hydrogen-bond donors (Lipinski definition) is 1. The van der Waals surface area contributed by atoms with Crippen LogP contribution in [0.15, 0.2) is 59.6 Å². The minimum Gasteiger partial charge on any atom is -0.506 e. The van der Waals surface area contributed by atoms with Crippen LogP contribution in [0.2, 0.25) is 0 Å². The molecule has 120 valence electrons. The number of fused-ring (bicyclic) bond motifs is 2. The molecule has 1 aliphatic rings. The van der Waals surface area contributed by atoms with Gasteiger partial charge in [-0.15, -0.1) is 0 Å². The largest absolute Gasteiger partial charge is 1.00 e. The summed E-state index contributed by atoms with van der Waals surface area (Å²) in [5, 5.41) is 11.2. The van der Waals surface area contributed by atoms with Crippen LogP contribution in [0.4, 0.5) is 0 Å². The van der Waals surface area contributed by atoms with Crippen molar-refractivity contribution in [2.24, 2.45) is 0 Å². The number of pyridine rings is 1. The predicted molar refractivity (Wildman–Crippen MR) is 91.4 cm³/mol. The Morgan fingerprint density at radius 2 is 1.72 bits per heavy atom. The quantitative estimate of drug-likeness (QED) is 0.669. The summed E-state index contributed by atoms with van der Waals surface area (Å²) in [6.45, 7) is 0. The normalized spacial score (nSPS) is 14.9. The minimum absolute atomic E-state index is 0. The first-order valence-corrected chi connectivity index (χ1v) is 8.73. The van der Waals surface area contributed by atoms with Gasteiger partial charge in [0.25, 0.3) is 0 Å². The van der Waals surface area contributed by atoms with Gasteiger partial charge >= 0.3 is 29.6 Å². The number of nitrogens with zero attached hydrogens (tertiary/aromatic N) is 1. The van der Waals surface area contributed by atoms with E-state index in [1.807, 2.05) is 12.1 Å². The molecule has 5 nitrogen and oxygen atoms in total. The molecule has 0 fully saturated rings. The molecule has 1 aromatic heterocycles. The van der Waals surface area contributed by atoms with Gasteiger partial charge in [-0.05, 0) is 42.0 Å². The molecule has 0 unspecified atom stereocenters. The number of rotatable bonds is 2. The molecule has 0 radical (unpaired) electrons. The van der Waals surface area contributed by atoms with Crippen molar-refractivity contribution in [2.75, 3.05) is 7.11 Å². The zero-order valence-electron chi connectivity index (χ0n) is 13.7. The maximum Gasteiger partial charge on any atom is 1.00 e. The Labute approximate surface area is 167 Å². The van der Waals surface area contributed by atoms with Gasteiger partial charge in [0.15, 0.2) is 5.03 Å². The van der Waals surface area contributed by atoms with E-state index in [4.69, 9.17) is 4.74 Å². The summed E-state index contributed by atoms with van der Waals surface area (Å²) in [5.41, 5.74) is 1.21. The van der Waals surface area contributed by atoms with Crippen molar-refractivity contribution in [1.29, 1.82) is 0 Å². The first-order chi connectivity index (χ1) is 11.5. The second-order valence-corrected chi connectivity index (χ2v) is 7.25. The summed E-state index contributed by atoms with van der Waals surface area (Å²) in [6.07, 6.45) is 0. The molecule has 4 rings (SSSR count). The van der Waals surface area contributed by atoms with E-state index in [9.17, 15) is 13.5 Å². The summed E-state index contributed by atoms with van der Waals surface area (Å²) in [6, 6.07) is 15.4. The van der Waals surface area contributed by atoms with Gasteiger partial charge in [0.05, 0.1) is 18.2 Å². The molecule has 25 heavy (non-hydrogen) atoms. The first kappa shape index (κ1) is 17.9. The first-order valence-electron chi connectivity index (χ1n) is 7.25. The maximum atomic E-state index is 12.9. The number of para-hydroxylation sites is 1. The Hall–Kier alpha value is -1.86. The molecule has 0 aliphatic carbocycles. The summed E-state index contributed by atoms with van der Waals surface area (Å²) >= 11 is 0. The number of benzene rings is 2. The minimum atomic E-state index is -3.88. The van der Waals surface area contributed by atoms with E-state index < -0.39 is 9.84 Å². The number of methoxy groups -OCH3 is 1. The van der Waals surface area contributed by atoms with Gasteiger partial charge in [-0.25, -0.2) is 13.4 Å². The van der Waals surface area contributed by atoms with Gasteiger partial charge in [-0.3, -0.25) is 0 Å². The Morgan fingerprint density at radius 3 is 2.40 bits per heavy atom. The molecule has 2 aromatic carbocycles. The Bertz CT molecular complexity index is 1110. The smallest absolute Gasteiger partial charge is 0.506 e. The van der Waals surface area contributed by atoms with Crippen LogP contribution in [0.3, 0.4) is 0 Å². The van der Waals surface area contributed by atoms with Gasteiger partial charge in [0.2, 0.25) is 9.84 Å². The number of aromatic nitrogens is 1. The van der Waals surface area contributed by atoms with E-state index >= 15 is 0 Å². The molecule has 0 saturated heterocycles. The van der Waals surface area contributed by atoms with Gasteiger partial charge in [0.1, 0.15) is 16.4 Å². The van der Waals surface area contributed by atoms with Gasteiger partial charge in [0, 0.05) is 5.39 Å². The third-order valence-electron chi connectivity index (χ3n) is 4.03. The summed E-state index contributed by atoms with van der Waals surface area (Å²) < 4.78 is 30.8. The number of aliphatic hydroxyl groups is 1. The molecule has 0 amide bonds. The third kappa shape index (κ3) is 2.75.